The summed E-state index contributed by atoms with van der Waals surface area (Å²) >= 11 is 0. The smallest absolute Gasteiger partial charge is 0.123 e. The van der Waals surface area contributed by atoms with Gasteiger partial charge in [-0.1, -0.05) is 47.7 Å². The molecule has 118 valence electrons. The van der Waals surface area contributed by atoms with Crippen LogP contribution in [0.25, 0.3) is 0 Å². The van der Waals surface area contributed by atoms with Crippen LogP contribution in [-0.4, -0.2) is 15.0 Å². The minimum absolute atomic E-state index is 0.0550. The lowest BCUT2D eigenvalue weighted by Gasteiger charge is -2.16. The highest BCUT2D eigenvalue weighted by atomic mass is 19.1. The molecule has 3 rings (SSSR count). The van der Waals surface area contributed by atoms with Gasteiger partial charge in [-0.25, -0.2) is 9.07 Å². The molecule has 1 aromatic heterocycles. The first-order chi connectivity index (χ1) is 11.2. The van der Waals surface area contributed by atoms with Crippen LogP contribution in [0.5, 0.6) is 0 Å². The molecular weight excluding hydrogens is 291 g/mol. The van der Waals surface area contributed by atoms with Crippen LogP contribution in [0.3, 0.4) is 0 Å². The molecule has 23 heavy (non-hydrogen) atoms. The second kappa shape index (κ2) is 6.71. The van der Waals surface area contributed by atoms with E-state index in [0.29, 0.717) is 13.0 Å². The minimum Gasteiger partial charge on any atom is -0.325 e. The van der Waals surface area contributed by atoms with Crippen LogP contribution >= 0.6 is 0 Å². The Morgan fingerprint density at radius 2 is 1.78 bits per heavy atom. The number of halogens is 1. The van der Waals surface area contributed by atoms with Crippen molar-refractivity contribution in [1.29, 1.82) is 0 Å². The molecule has 0 fully saturated rings. The van der Waals surface area contributed by atoms with Crippen LogP contribution in [0, 0.1) is 5.82 Å². The first-order valence-corrected chi connectivity index (χ1v) is 7.61. The maximum Gasteiger partial charge on any atom is 0.123 e. The van der Waals surface area contributed by atoms with Gasteiger partial charge in [0.25, 0.3) is 0 Å². The maximum absolute atomic E-state index is 13.1. The number of hydrogen-bond acceptors (Lipinski definition) is 3. The van der Waals surface area contributed by atoms with E-state index in [2.05, 4.69) is 29.4 Å². The maximum atomic E-state index is 13.1. The summed E-state index contributed by atoms with van der Waals surface area (Å²) in [5.74, 6) is -0.239. The highest BCUT2D eigenvalue weighted by molar-refractivity contribution is 5.27. The summed E-state index contributed by atoms with van der Waals surface area (Å²) in [6, 6.07) is 16.7. The van der Waals surface area contributed by atoms with Gasteiger partial charge in [-0.2, -0.15) is 0 Å². The third kappa shape index (κ3) is 3.29. The molecule has 5 heteroatoms. The summed E-state index contributed by atoms with van der Waals surface area (Å²) in [7, 11) is 0. The van der Waals surface area contributed by atoms with Crippen LogP contribution in [-0.2, 0) is 13.0 Å². The molecule has 0 aliphatic carbocycles. The first-order valence-electron chi connectivity index (χ1n) is 7.61. The third-order valence-electron chi connectivity index (χ3n) is 4.00. The molecule has 1 atom stereocenters. The molecule has 1 unspecified atom stereocenters. The fourth-order valence-corrected chi connectivity index (χ4v) is 2.67. The number of hydrogen-bond donors (Lipinski definition) is 1. The Balaban J connectivity index is 1.95. The molecule has 2 N–H and O–H groups in total. The Morgan fingerprint density at radius 1 is 1.09 bits per heavy atom. The molecule has 0 radical (unpaired) electrons. The zero-order chi connectivity index (χ0) is 16.2. The van der Waals surface area contributed by atoms with Gasteiger partial charge < -0.3 is 5.73 Å². The van der Waals surface area contributed by atoms with Crippen molar-refractivity contribution in [3.63, 3.8) is 0 Å². The van der Waals surface area contributed by atoms with Crippen molar-refractivity contribution in [3.8, 4) is 0 Å². The van der Waals surface area contributed by atoms with Crippen molar-refractivity contribution in [2.75, 3.05) is 0 Å². The fraction of sp³-hybridized carbons (Fsp3) is 0.222. The van der Waals surface area contributed by atoms with E-state index in [4.69, 9.17) is 5.73 Å². The second-order valence-electron chi connectivity index (χ2n) is 5.52. The third-order valence-corrected chi connectivity index (χ3v) is 4.00. The molecular formula is C18H19FN4. The van der Waals surface area contributed by atoms with Gasteiger partial charge in [0.05, 0.1) is 17.4 Å². The number of nitrogens with two attached hydrogens (primary N) is 1. The number of nitrogens with zero attached hydrogens (tertiary/aromatic N) is 3. The summed E-state index contributed by atoms with van der Waals surface area (Å²) in [6.45, 7) is 2.41. The van der Waals surface area contributed by atoms with E-state index in [9.17, 15) is 4.39 Å². The van der Waals surface area contributed by atoms with Gasteiger partial charge in [0.2, 0.25) is 0 Å². The minimum atomic E-state index is -0.239. The van der Waals surface area contributed by atoms with Gasteiger partial charge in [0.1, 0.15) is 5.82 Å². The van der Waals surface area contributed by atoms with Crippen molar-refractivity contribution in [2.45, 2.75) is 25.9 Å². The lowest BCUT2D eigenvalue weighted by atomic mass is 10.1. The summed E-state index contributed by atoms with van der Waals surface area (Å²) in [5, 5.41) is 8.50. The number of benzene rings is 2. The number of aromatic nitrogens is 3. The molecule has 3 aromatic rings. The van der Waals surface area contributed by atoms with E-state index in [-0.39, 0.29) is 11.9 Å². The van der Waals surface area contributed by atoms with Crippen LogP contribution in [0.1, 0.15) is 35.5 Å². The topological polar surface area (TPSA) is 56.7 Å². The Bertz CT molecular complexity index is 765. The zero-order valence-corrected chi connectivity index (χ0v) is 13.0. The van der Waals surface area contributed by atoms with E-state index in [0.717, 1.165) is 22.5 Å². The average Bonchev–Trinajstić information content (AvgIpc) is 2.99. The van der Waals surface area contributed by atoms with Crippen LogP contribution < -0.4 is 5.73 Å². The largest absolute Gasteiger partial charge is 0.325 e. The van der Waals surface area contributed by atoms with E-state index >= 15 is 0 Å². The highest BCUT2D eigenvalue weighted by Gasteiger charge is 2.18. The quantitative estimate of drug-likeness (QED) is 0.788. The van der Waals surface area contributed by atoms with Gasteiger partial charge in [-0.3, -0.25) is 0 Å². The van der Waals surface area contributed by atoms with Crippen molar-refractivity contribution < 1.29 is 4.39 Å². The Labute approximate surface area is 134 Å². The molecule has 1 heterocycles. The van der Waals surface area contributed by atoms with Crippen LogP contribution in [0.2, 0.25) is 0 Å². The summed E-state index contributed by atoms with van der Waals surface area (Å²) in [6.07, 6.45) is 0.622. The van der Waals surface area contributed by atoms with Gasteiger partial charge in [0.15, 0.2) is 0 Å². The van der Waals surface area contributed by atoms with Crippen LogP contribution in [0.4, 0.5) is 4.39 Å². The zero-order valence-electron chi connectivity index (χ0n) is 13.0. The molecule has 0 saturated carbocycles. The van der Waals surface area contributed by atoms with E-state index in [1.807, 2.05) is 22.9 Å². The SMILES string of the molecule is CC(c1ccccc1)n1nnc(CN)c1Cc1ccc(F)cc1. The van der Waals surface area contributed by atoms with Gasteiger partial charge >= 0.3 is 0 Å². The van der Waals surface area contributed by atoms with E-state index < -0.39 is 0 Å². The van der Waals surface area contributed by atoms with Crippen molar-refractivity contribution in [2.24, 2.45) is 5.73 Å². The summed E-state index contributed by atoms with van der Waals surface area (Å²) in [5.41, 5.74) is 9.71. The van der Waals surface area contributed by atoms with Crippen molar-refractivity contribution in [1.82, 2.24) is 15.0 Å². The number of rotatable bonds is 5. The van der Waals surface area contributed by atoms with E-state index in [1.165, 1.54) is 12.1 Å². The summed E-state index contributed by atoms with van der Waals surface area (Å²) < 4.78 is 15.0. The summed E-state index contributed by atoms with van der Waals surface area (Å²) in [4.78, 5) is 0. The standard InChI is InChI=1S/C18H19FN4/c1-13(15-5-3-2-4-6-15)23-18(17(12-20)21-22-23)11-14-7-9-16(19)10-8-14/h2-10,13H,11-12,20H2,1H3. The van der Waals surface area contributed by atoms with Gasteiger partial charge in [0, 0.05) is 13.0 Å². The normalized spacial score (nSPS) is 12.3. The highest BCUT2D eigenvalue weighted by Crippen LogP contribution is 2.22. The van der Waals surface area contributed by atoms with Crippen LogP contribution in [0.15, 0.2) is 54.6 Å². The Morgan fingerprint density at radius 3 is 2.43 bits per heavy atom. The molecule has 0 aliphatic rings. The average molecular weight is 310 g/mol. The molecule has 0 spiro atoms. The van der Waals surface area contributed by atoms with Gasteiger partial charge in [-0.05, 0) is 30.2 Å². The molecule has 0 bridgehead atoms. The molecule has 0 amide bonds. The molecule has 2 aromatic carbocycles. The second-order valence-corrected chi connectivity index (χ2v) is 5.52. The van der Waals surface area contributed by atoms with Crippen molar-refractivity contribution >= 4 is 0 Å². The lowest BCUT2D eigenvalue weighted by molar-refractivity contribution is 0.525. The molecule has 0 aliphatic heterocycles. The molecule has 4 nitrogen and oxygen atoms in total. The predicted octanol–water partition coefficient (Wildman–Crippen LogP) is 3.08. The Hall–Kier alpha value is -2.53. The van der Waals surface area contributed by atoms with Crippen molar-refractivity contribution in [3.05, 3.63) is 82.9 Å². The first kappa shape index (κ1) is 15.4. The molecule has 0 saturated heterocycles. The van der Waals surface area contributed by atoms with Gasteiger partial charge in [-0.15, -0.1) is 5.10 Å². The fourth-order valence-electron chi connectivity index (χ4n) is 2.67. The monoisotopic (exact) mass is 310 g/mol. The Kier molecular flexibility index (Phi) is 4.48. The lowest BCUT2D eigenvalue weighted by Crippen LogP contribution is -2.14. The predicted molar refractivity (Wildman–Crippen MR) is 87.4 cm³/mol. The van der Waals surface area contributed by atoms with E-state index in [1.54, 1.807) is 12.1 Å².